The SMILES string of the molecule is CC1CCCCC1NC(=O)CN1CC(C(=O)O)C1. The minimum Gasteiger partial charge on any atom is -0.481 e. The van der Waals surface area contributed by atoms with Crippen molar-refractivity contribution in [3.63, 3.8) is 0 Å². The monoisotopic (exact) mass is 254 g/mol. The van der Waals surface area contributed by atoms with Crippen LogP contribution in [-0.2, 0) is 9.59 Å². The summed E-state index contributed by atoms with van der Waals surface area (Å²) in [5.41, 5.74) is 0. The fourth-order valence-electron chi connectivity index (χ4n) is 2.84. The third-order valence-corrected chi connectivity index (χ3v) is 4.13. The number of hydrogen-bond acceptors (Lipinski definition) is 3. The van der Waals surface area contributed by atoms with Crippen LogP contribution in [0.3, 0.4) is 0 Å². The minimum absolute atomic E-state index is 0.0394. The minimum atomic E-state index is -0.757. The second-order valence-corrected chi connectivity index (χ2v) is 5.66. The van der Waals surface area contributed by atoms with E-state index in [0.717, 1.165) is 6.42 Å². The Balaban J connectivity index is 1.68. The van der Waals surface area contributed by atoms with Crippen molar-refractivity contribution in [1.29, 1.82) is 0 Å². The Hall–Kier alpha value is -1.10. The van der Waals surface area contributed by atoms with Crippen molar-refractivity contribution in [2.75, 3.05) is 19.6 Å². The summed E-state index contributed by atoms with van der Waals surface area (Å²) in [6.45, 7) is 3.53. The van der Waals surface area contributed by atoms with Crippen molar-refractivity contribution in [3.05, 3.63) is 0 Å². The van der Waals surface area contributed by atoms with Crippen LogP contribution in [0.25, 0.3) is 0 Å². The maximum absolute atomic E-state index is 11.8. The van der Waals surface area contributed by atoms with E-state index in [0.29, 0.717) is 31.6 Å². The predicted molar refractivity (Wildman–Crippen MR) is 67.1 cm³/mol. The summed E-state index contributed by atoms with van der Waals surface area (Å²) in [5, 5.41) is 11.8. The number of amides is 1. The first-order valence-electron chi connectivity index (χ1n) is 6.81. The molecule has 2 rings (SSSR count). The third kappa shape index (κ3) is 3.22. The average Bonchev–Trinajstić information content (AvgIpc) is 2.25. The summed E-state index contributed by atoms with van der Waals surface area (Å²) in [6, 6.07) is 0.308. The van der Waals surface area contributed by atoms with Crippen molar-refractivity contribution in [1.82, 2.24) is 10.2 Å². The number of carboxylic acid groups (broad SMARTS) is 1. The van der Waals surface area contributed by atoms with E-state index >= 15 is 0 Å². The van der Waals surface area contributed by atoms with Gasteiger partial charge >= 0.3 is 5.97 Å². The van der Waals surface area contributed by atoms with Gasteiger partial charge in [0, 0.05) is 19.1 Å². The van der Waals surface area contributed by atoms with Gasteiger partial charge in [-0.2, -0.15) is 0 Å². The van der Waals surface area contributed by atoms with Gasteiger partial charge in [-0.15, -0.1) is 0 Å². The topological polar surface area (TPSA) is 69.6 Å². The van der Waals surface area contributed by atoms with Crippen LogP contribution >= 0.6 is 0 Å². The molecule has 1 aliphatic carbocycles. The Morgan fingerprint density at radius 2 is 1.94 bits per heavy atom. The smallest absolute Gasteiger partial charge is 0.309 e. The largest absolute Gasteiger partial charge is 0.481 e. The van der Waals surface area contributed by atoms with E-state index in [9.17, 15) is 9.59 Å². The van der Waals surface area contributed by atoms with Crippen LogP contribution in [0, 0.1) is 11.8 Å². The highest BCUT2D eigenvalue weighted by Crippen LogP contribution is 2.23. The quantitative estimate of drug-likeness (QED) is 0.774. The lowest BCUT2D eigenvalue weighted by atomic mass is 9.86. The first-order valence-corrected chi connectivity index (χ1v) is 6.81. The van der Waals surface area contributed by atoms with E-state index in [4.69, 9.17) is 5.11 Å². The lowest BCUT2D eigenvalue weighted by molar-refractivity contribution is -0.148. The van der Waals surface area contributed by atoms with Crippen molar-refractivity contribution >= 4 is 11.9 Å². The van der Waals surface area contributed by atoms with Gasteiger partial charge in [0.1, 0.15) is 0 Å². The highest BCUT2D eigenvalue weighted by Gasteiger charge is 2.33. The molecule has 2 fully saturated rings. The van der Waals surface area contributed by atoms with Crippen molar-refractivity contribution in [2.45, 2.75) is 38.6 Å². The zero-order valence-corrected chi connectivity index (χ0v) is 10.9. The van der Waals surface area contributed by atoms with Gasteiger partial charge in [0.05, 0.1) is 12.5 Å². The maximum Gasteiger partial charge on any atom is 0.309 e. The van der Waals surface area contributed by atoms with Crippen LogP contribution in [0.1, 0.15) is 32.6 Å². The molecule has 0 aromatic rings. The molecule has 2 atom stereocenters. The van der Waals surface area contributed by atoms with E-state index in [1.54, 1.807) is 0 Å². The Morgan fingerprint density at radius 3 is 2.56 bits per heavy atom. The summed E-state index contributed by atoms with van der Waals surface area (Å²) in [7, 11) is 0. The molecule has 102 valence electrons. The van der Waals surface area contributed by atoms with E-state index in [2.05, 4.69) is 12.2 Å². The lowest BCUT2D eigenvalue weighted by Gasteiger charge is -2.37. The predicted octanol–water partition coefficient (Wildman–Crippen LogP) is 0.698. The zero-order valence-electron chi connectivity index (χ0n) is 10.9. The van der Waals surface area contributed by atoms with Crippen LogP contribution in [0.15, 0.2) is 0 Å². The Bertz CT molecular complexity index is 326. The molecule has 1 saturated carbocycles. The van der Waals surface area contributed by atoms with Crippen LogP contribution < -0.4 is 5.32 Å². The number of likely N-dealkylation sites (tertiary alicyclic amines) is 1. The van der Waals surface area contributed by atoms with E-state index in [1.807, 2.05) is 4.90 Å². The van der Waals surface area contributed by atoms with Crippen molar-refractivity contribution in [3.8, 4) is 0 Å². The number of carboxylic acids is 1. The van der Waals surface area contributed by atoms with Gasteiger partial charge in [-0.3, -0.25) is 14.5 Å². The van der Waals surface area contributed by atoms with E-state index in [-0.39, 0.29) is 11.8 Å². The fraction of sp³-hybridized carbons (Fsp3) is 0.846. The summed E-state index contributed by atoms with van der Waals surface area (Å²) < 4.78 is 0. The summed E-state index contributed by atoms with van der Waals surface area (Å²) in [6.07, 6.45) is 4.72. The first-order chi connectivity index (χ1) is 8.56. The third-order valence-electron chi connectivity index (χ3n) is 4.13. The molecule has 0 aromatic heterocycles. The standard InChI is InChI=1S/C13H22N2O3/c1-9-4-2-3-5-11(9)14-12(16)8-15-6-10(7-15)13(17)18/h9-11H,2-8H2,1H3,(H,14,16)(H,17,18). The zero-order chi connectivity index (χ0) is 13.1. The first kappa shape index (κ1) is 13.3. The fourth-order valence-corrected chi connectivity index (χ4v) is 2.84. The summed E-state index contributed by atoms with van der Waals surface area (Å²) in [4.78, 5) is 24.4. The van der Waals surface area contributed by atoms with Gasteiger partial charge in [-0.1, -0.05) is 19.8 Å². The molecule has 1 amide bonds. The molecular formula is C13H22N2O3. The molecule has 1 saturated heterocycles. The normalized spacial score (nSPS) is 29.6. The number of carbonyl (C=O) groups excluding carboxylic acids is 1. The van der Waals surface area contributed by atoms with Gasteiger partial charge in [0.2, 0.25) is 5.91 Å². The van der Waals surface area contributed by atoms with Crippen LogP contribution in [0.4, 0.5) is 0 Å². The van der Waals surface area contributed by atoms with E-state index < -0.39 is 5.97 Å². The van der Waals surface area contributed by atoms with Gasteiger partial charge in [0.25, 0.3) is 0 Å². The molecule has 0 aromatic carbocycles. The molecule has 5 heteroatoms. The maximum atomic E-state index is 11.8. The highest BCUT2D eigenvalue weighted by molar-refractivity contribution is 5.79. The highest BCUT2D eigenvalue weighted by atomic mass is 16.4. The Labute approximate surface area is 108 Å². The van der Waals surface area contributed by atoms with Crippen LogP contribution in [0.2, 0.25) is 0 Å². The van der Waals surface area contributed by atoms with Gasteiger partial charge in [0.15, 0.2) is 0 Å². The lowest BCUT2D eigenvalue weighted by Crippen LogP contribution is -2.54. The molecular weight excluding hydrogens is 232 g/mol. The Morgan fingerprint density at radius 1 is 1.28 bits per heavy atom. The van der Waals surface area contributed by atoms with Gasteiger partial charge < -0.3 is 10.4 Å². The van der Waals surface area contributed by atoms with Crippen LogP contribution in [0.5, 0.6) is 0 Å². The second-order valence-electron chi connectivity index (χ2n) is 5.66. The molecule has 5 nitrogen and oxygen atoms in total. The summed E-state index contributed by atoms with van der Waals surface area (Å²) in [5.74, 6) is -0.442. The van der Waals surface area contributed by atoms with Gasteiger partial charge in [-0.25, -0.2) is 0 Å². The van der Waals surface area contributed by atoms with E-state index in [1.165, 1.54) is 19.3 Å². The number of nitrogens with zero attached hydrogens (tertiary/aromatic N) is 1. The molecule has 0 spiro atoms. The number of hydrogen-bond donors (Lipinski definition) is 2. The van der Waals surface area contributed by atoms with Gasteiger partial charge in [-0.05, 0) is 18.8 Å². The molecule has 1 aliphatic heterocycles. The molecule has 0 bridgehead atoms. The molecule has 2 unspecified atom stereocenters. The molecule has 1 heterocycles. The molecule has 0 radical (unpaired) electrons. The summed E-state index contributed by atoms with van der Waals surface area (Å²) >= 11 is 0. The average molecular weight is 254 g/mol. The van der Waals surface area contributed by atoms with Crippen LogP contribution in [-0.4, -0.2) is 47.6 Å². The molecule has 18 heavy (non-hydrogen) atoms. The molecule has 2 aliphatic rings. The second kappa shape index (κ2) is 5.69. The number of nitrogens with one attached hydrogen (secondary N) is 1. The van der Waals surface area contributed by atoms with Crippen molar-refractivity contribution < 1.29 is 14.7 Å². The molecule has 2 N–H and O–H groups in total. The van der Waals surface area contributed by atoms with Crippen molar-refractivity contribution in [2.24, 2.45) is 11.8 Å². The number of carbonyl (C=O) groups is 2. The Kier molecular flexibility index (Phi) is 4.22. The number of rotatable bonds is 4. The number of aliphatic carboxylic acids is 1.